The highest BCUT2D eigenvalue weighted by Crippen LogP contribution is 2.31. The largest absolute Gasteiger partial charge is 0.462 e. The number of para-hydroxylation sites is 1. The smallest absolute Gasteiger partial charge is 0.338 e. The van der Waals surface area contributed by atoms with Crippen LogP contribution >= 0.6 is 0 Å². The number of esters is 1. The molecule has 4 aromatic rings. The molecule has 2 aromatic carbocycles. The first-order valence-corrected chi connectivity index (χ1v) is 12.6. The maximum atomic E-state index is 13.1. The molecule has 1 aliphatic heterocycles. The van der Waals surface area contributed by atoms with Crippen molar-refractivity contribution in [3.05, 3.63) is 71.5 Å². The molecule has 5 rings (SSSR count). The molecule has 0 saturated carbocycles. The molecule has 0 bridgehead atoms. The Bertz CT molecular complexity index is 1430. The molecule has 9 nitrogen and oxygen atoms in total. The van der Waals surface area contributed by atoms with Crippen molar-refractivity contribution in [1.82, 2.24) is 20.0 Å². The SMILES string of the molecule is CCOC(=O)c1ccc(NC(=O)[C@H]2CCCN(c3nnc(C)c4c(C)n(-c5ccccc5)nc34)C2)cc1. The normalized spacial score (nSPS) is 15.5. The summed E-state index contributed by atoms with van der Waals surface area (Å²) in [5, 5.41) is 17.9. The highest BCUT2D eigenvalue weighted by Gasteiger charge is 2.29. The molecule has 1 atom stereocenters. The van der Waals surface area contributed by atoms with Gasteiger partial charge in [-0.2, -0.15) is 10.2 Å². The Morgan fingerprint density at radius 1 is 1.05 bits per heavy atom. The van der Waals surface area contributed by atoms with Gasteiger partial charge in [-0.3, -0.25) is 4.79 Å². The molecule has 0 radical (unpaired) electrons. The molecular formula is C28H30N6O3. The second kappa shape index (κ2) is 10.4. The summed E-state index contributed by atoms with van der Waals surface area (Å²) in [6.45, 7) is 7.38. The van der Waals surface area contributed by atoms with E-state index in [1.54, 1.807) is 31.2 Å². The van der Waals surface area contributed by atoms with E-state index in [0.29, 0.717) is 30.2 Å². The average molecular weight is 499 g/mol. The van der Waals surface area contributed by atoms with Crippen LogP contribution in [0.5, 0.6) is 0 Å². The van der Waals surface area contributed by atoms with E-state index in [0.717, 1.165) is 47.4 Å². The fourth-order valence-electron chi connectivity index (χ4n) is 4.88. The van der Waals surface area contributed by atoms with Gasteiger partial charge in [0, 0.05) is 18.8 Å². The Labute approximate surface area is 215 Å². The molecule has 1 amide bonds. The van der Waals surface area contributed by atoms with Crippen molar-refractivity contribution in [2.75, 3.05) is 29.9 Å². The van der Waals surface area contributed by atoms with E-state index < -0.39 is 0 Å². The van der Waals surface area contributed by atoms with Crippen LogP contribution in [0.3, 0.4) is 0 Å². The number of carbonyl (C=O) groups is 2. The number of anilines is 2. The third kappa shape index (κ3) is 4.89. The molecule has 0 unspecified atom stereocenters. The molecule has 1 aliphatic rings. The zero-order valence-corrected chi connectivity index (χ0v) is 21.3. The van der Waals surface area contributed by atoms with Crippen molar-refractivity contribution in [3.8, 4) is 5.69 Å². The van der Waals surface area contributed by atoms with Gasteiger partial charge in [0.25, 0.3) is 0 Å². The van der Waals surface area contributed by atoms with Crippen LogP contribution in [0.1, 0.15) is 41.5 Å². The number of ether oxygens (including phenoxy) is 1. The number of aryl methyl sites for hydroxylation is 2. The molecule has 1 fully saturated rings. The van der Waals surface area contributed by atoms with E-state index in [4.69, 9.17) is 9.84 Å². The van der Waals surface area contributed by atoms with E-state index >= 15 is 0 Å². The van der Waals surface area contributed by atoms with Crippen LogP contribution in [0.2, 0.25) is 0 Å². The highest BCUT2D eigenvalue weighted by atomic mass is 16.5. The number of hydrogen-bond donors (Lipinski definition) is 1. The van der Waals surface area contributed by atoms with Crippen LogP contribution in [0.15, 0.2) is 54.6 Å². The summed E-state index contributed by atoms with van der Waals surface area (Å²) in [6.07, 6.45) is 1.64. The van der Waals surface area contributed by atoms with Crippen molar-refractivity contribution in [3.63, 3.8) is 0 Å². The summed E-state index contributed by atoms with van der Waals surface area (Å²) >= 11 is 0. The lowest BCUT2D eigenvalue weighted by Gasteiger charge is -2.32. The Morgan fingerprint density at radius 2 is 1.81 bits per heavy atom. The number of nitrogens with one attached hydrogen (secondary N) is 1. The van der Waals surface area contributed by atoms with Gasteiger partial charge >= 0.3 is 5.97 Å². The number of hydrogen-bond acceptors (Lipinski definition) is 7. The van der Waals surface area contributed by atoms with E-state index in [-0.39, 0.29) is 17.8 Å². The first kappa shape index (κ1) is 24.4. The van der Waals surface area contributed by atoms with Gasteiger partial charge in [-0.15, -0.1) is 5.10 Å². The average Bonchev–Trinajstić information content (AvgIpc) is 3.28. The summed E-state index contributed by atoms with van der Waals surface area (Å²) < 4.78 is 6.95. The van der Waals surface area contributed by atoms with Crippen molar-refractivity contribution in [2.24, 2.45) is 5.92 Å². The summed E-state index contributed by atoms with van der Waals surface area (Å²) in [5.41, 5.74) is 4.71. The van der Waals surface area contributed by atoms with Gasteiger partial charge in [0.05, 0.1) is 40.5 Å². The number of nitrogens with zero attached hydrogens (tertiary/aromatic N) is 5. The lowest BCUT2D eigenvalue weighted by atomic mass is 9.96. The van der Waals surface area contributed by atoms with Crippen LogP contribution < -0.4 is 10.2 Å². The summed E-state index contributed by atoms with van der Waals surface area (Å²) in [4.78, 5) is 27.1. The van der Waals surface area contributed by atoms with Crippen LogP contribution in [0.4, 0.5) is 11.5 Å². The van der Waals surface area contributed by atoms with E-state index in [1.807, 2.05) is 48.9 Å². The summed E-state index contributed by atoms with van der Waals surface area (Å²) in [5.74, 6) is 0.0540. The number of amides is 1. The Balaban J connectivity index is 1.36. The number of fused-ring (bicyclic) bond motifs is 1. The fourth-order valence-corrected chi connectivity index (χ4v) is 4.88. The zero-order valence-electron chi connectivity index (χ0n) is 21.3. The minimum absolute atomic E-state index is 0.0594. The van der Waals surface area contributed by atoms with Gasteiger partial charge in [-0.1, -0.05) is 18.2 Å². The quantitative estimate of drug-likeness (QED) is 0.392. The monoisotopic (exact) mass is 498 g/mol. The van der Waals surface area contributed by atoms with Gasteiger partial charge in [-0.05, 0) is 70.0 Å². The number of carbonyl (C=O) groups excluding carboxylic acids is 2. The van der Waals surface area contributed by atoms with Crippen molar-refractivity contribution >= 4 is 34.3 Å². The fraction of sp³-hybridized carbons (Fsp3) is 0.321. The van der Waals surface area contributed by atoms with Gasteiger partial charge in [0.2, 0.25) is 5.91 Å². The van der Waals surface area contributed by atoms with Gasteiger partial charge in [0.1, 0.15) is 5.52 Å². The highest BCUT2D eigenvalue weighted by molar-refractivity contribution is 5.95. The first-order valence-electron chi connectivity index (χ1n) is 12.6. The lowest BCUT2D eigenvalue weighted by molar-refractivity contribution is -0.120. The molecule has 3 heterocycles. The van der Waals surface area contributed by atoms with Gasteiger partial charge in [-0.25, -0.2) is 9.48 Å². The molecule has 2 aromatic heterocycles. The predicted octanol–water partition coefficient (Wildman–Crippen LogP) is 4.46. The summed E-state index contributed by atoms with van der Waals surface area (Å²) in [7, 11) is 0. The Hall–Kier alpha value is -4.27. The molecule has 37 heavy (non-hydrogen) atoms. The number of aromatic nitrogens is 4. The van der Waals surface area contributed by atoms with Crippen molar-refractivity contribution < 1.29 is 14.3 Å². The third-order valence-corrected chi connectivity index (χ3v) is 6.74. The summed E-state index contributed by atoms with van der Waals surface area (Å²) in [6, 6.07) is 16.8. The Morgan fingerprint density at radius 3 is 2.54 bits per heavy atom. The standard InChI is InChI=1S/C28H30N6O3/c1-4-37-28(36)20-12-14-22(15-13-20)29-27(35)21-9-8-16-33(17-21)26-25-24(18(2)30-31-26)19(3)34(32-25)23-10-6-5-7-11-23/h5-7,10-15,21H,4,8-9,16-17H2,1-3H3,(H,29,35)/t21-/m0/s1. The van der Waals surface area contributed by atoms with Gasteiger partial charge < -0.3 is 15.0 Å². The molecule has 190 valence electrons. The van der Waals surface area contributed by atoms with Crippen LogP contribution in [0, 0.1) is 19.8 Å². The number of benzene rings is 2. The number of rotatable bonds is 6. The van der Waals surface area contributed by atoms with Crippen LogP contribution in [-0.2, 0) is 9.53 Å². The molecule has 1 saturated heterocycles. The van der Waals surface area contributed by atoms with Crippen LogP contribution in [-0.4, -0.2) is 51.6 Å². The Kier molecular flexibility index (Phi) is 6.85. The second-order valence-corrected chi connectivity index (χ2v) is 9.24. The molecule has 1 N–H and O–H groups in total. The zero-order chi connectivity index (χ0) is 25.9. The van der Waals surface area contributed by atoms with Crippen LogP contribution in [0.25, 0.3) is 16.6 Å². The van der Waals surface area contributed by atoms with Crippen molar-refractivity contribution in [2.45, 2.75) is 33.6 Å². The minimum atomic E-state index is -0.376. The maximum Gasteiger partial charge on any atom is 0.338 e. The second-order valence-electron chi connectivity index (χ2n) is 9.24. The molecular weight excluding hydrogens is 468 g/mol. The van der Waals surface area contributed by atoms with E-state index in [2.05, 4.69) is 20.4 Å². The van der Waals surface area contributed by atoms with Gasteiger partial charge in [0.15, 0.2) is 5.82 Å². The molecule has 0 spiro atoms. The van der Waals surface area contributed by atoms with E-state index in [1.165, 1.54) is 0 Å². The minimum Gasteiger partial charge on any atom is -0.462 e. The third-order valence-electron chi connectivity index (χ3n) is 6.74. The lowest BCUT2D eigenvalue weighted by Crippen LogP contribution is -2.41. The maximum absolute atomic E-state index is 13.1. The predicted molar refractivity (Wildman–Crippen MR) is 142 cm³/mol. The first-order chi connectivity index (χ1) is 18.0. The molecule has 9 heteroatoms. The van der Waals surface area contributed by atoms with E-state index in [9.17, 15) is 9.59 Å². The molecule has 0 aliphatic carbocycles. The van der Waals surface area contributed by atoms with Crippen molar-refractivity contribution in [1.29, 1.82) is 0 Å². The topological polar surface area (TPSA) is 102 Å². The number of piperidine rings is 1.